The highest BCUT2D eigenvalue weighted by atomic mass is 16.5. The molecule has 1 aliphatic rings. The Balaban J connectivity index is 1.44. The molecule has 2 aromatic heterocycles. The van der Waals surface area contributed by atoms with E-state index in [0.717, 1.165) is 18.4 Å². The minimum absolute atomic E-state index is 0.0243. The number of para-hydroxylation sites is 1. The first-order chi connectivity index (χ1) is 12.8. The number of benzene rings is 1. The second-order valence-electron chi connectivity index (χ2n) is 6.19. The van der Waals surface area contributed by atoms with Crippen molar-refractivity contribution >= 4 is 5.91 Å². The molecule has 1 N–H and O–H groups in total. The first-order valence-corrected chi connectivity index (χ1v) is 8.52. The summed E-state index contributed by atoms with van der Waals surface area (Å²) in [7, 11) is 1.61. The number of nitrogens with one attached hydrogen (secondary N) is 1. The smallest absolute Gasteiger partial charge is 0.271 e. The van der Waals surface area contributed by atoms with Crippen molar-refractivity contribution in [3.05, 3.63) is 48.0 Å². The highest BCUT2D eigenvalue weighted by Crippen LogP contribution is 2.31. The molecule has 8 heteroatoms. The Bertz CT molecular complexity index is 882. The Morgan fingerprint density at radius 2 is 2.08 bits per heavy atom. The van der Waals surface area contributed by atoms with Gasteiger partial charge < -0.3 is 14.2 Å². The number of amides is 1. The quantitative estimate of drug-likeness (QED) is 0.774. The third-order valence-corrected chi connectivity index (χ3v) is 4.66. The maximum Gasteiger partial charge on any atom is 0.271 e. The Morgan fingerprint density at radius 3 is 2.81 bits per heavy atom. The number of H-pyrrole nitrogens is 1. The molecule has 1 saturated heterocycles. The summed E-state index contributed by atoms with van der Waals surface area (Å²) in [6.07, 6.45) is 3.17. The van der Waals surface area contributed by atoms with Crippen molar-refractivity contribution in [1.82, 2.24) is 25.2 Å². The minimum atomic E-state index is -0.0243. The molecular weight excluding hydrogens is 334 g/mol. The van der Waals surface area contributed by atoms with E-state index in [1.807, 2.05) is 29.2 Å². The molecule has 3 aromatic rings. The third kappa shape index (κ3) is 3.05. The molecule has 1 fully saturated rings. The number of hydrogen-bond acceptors (Lipinski definition) is 6. The van der Waals surface area contributed by atoms with Crippen molar-refractivity contribution < 1.29 is 14.1 Å². The predicted octanol–water partition coefficient (Wildman–Crippen LogP) is 2.49. The molecule has 0 bridgehead atoms. The first-order valence-electron chi connectivity index (χ1n) is 8.52. The third-order valence-electron chi connectivity index (χ3n) is 4.66. The van der Waals surface area contributed by atoms with E-state index in [0.29, 0.717) is 36.2 Å². The molecule has 4 rings (SSSR count). The van der Waals surface area contributed by atoms with Crippen LogP contribution < -0.4 is 4.74 Å². The molecule has 0 radical (unpaired) electrons. The number of hydrogen-bond donors (Lipinski definition) is 1. The number of likely N-dealkylation sites (tertiary alicyclic amines) is 1. The van der Waals surface area contributed by atoms with E-state index in [4.69, 9.17) is 9.26 Å². The summed E-state index contributed by atoms with van der Waals surface area (Å²) in [6.45, 7) is 1.31. The van der Waals surface area contributed by atoms with E-state index >= 15 is 0 Å². The lowest BCUT2D eigenvalue weighted by molar-refractivity contribution is 0.0704. The zero-order valence-electron chi connectivity index (χ0n) is 14.4. The molecule has 1 amide bonds. The standard InChI is InChI=1S/C18H19N5O3/c1-25-15-5-3-2-4-13(15)17-20-16(22-26-17)12-7-10-23(11-8-12)18(24)14-6-9-19-21-14/h2-6,9,12H,7-8,10-11H2,1H3,(H,19,21). The summed E-state index contributed by atoms with van der Waals surface area (Å²) in [5, 5.41) is 10.7. The molecule has 26 heavy (non-hydrogen) atoms. The molecule has 0 unspecified atom stereocenters. The number of piperidine rings is 1. The van der Waals surface area contributed by atoms with Gasteiger partial charge in [0.15, 0.2) is 5.82 Å². The van der Waals surface area contributed by atoms with Gasteiger partial charge in [-0.2, -0.15) is 10.1 Å². The van der Waals surface area contributed by atoms with Crippen LogP contribution in [0.2, 0.25) is 0 Å². The number of carbonyl (C=O) groups is 1. The lowest BCUT2D eigenvalue weighted by Crippen LogP contribution is -2.38. The van der Waals surface area contributed by atoms with Crippen molar-refractivity contribution in [2.75, 3.05) is 20.2 Å². The van der Waals surface area contributed by atoms with Gasteiger partial charge in [-0.1, -0.05) is 17.3 Å². The molecular formula is C18H19N5O3. The molecule has 0 atom stereocenters. The van der Waals surface area contributed by atoms with Crippen LogP contribution in [0, 0.1) is 0 Å². The summed E-state index contributed by atoms with van der Waals surface area (Å²) in [5.41, 5.74) is 1.29. The van der Waals surface area contributed by atoms with Crippen LogP contribution in [0.25, 0.3) is 11.5 Å². The number of methoxy groups -OCH3 is 1. The Kier molecular flexibility index (Phi) is 4.39. The lowest BCUT2D eigenvalue weighted by Gasteiger charge is -2.30. The maximum atomic E-state index is 12.4. The van der Waals surface area contributed by atoms with Crippen molar-refractivity contribution in [3.8, 4) is 17.2 Å². The number of nitrogens with zero attached hydrogens (tertiary/aromatic N) is 4. The van der Waals surface area contributed by atoms with Crippen LogP contribution in [0.15, 0.2) is 41.1 Å². The van der Waals surface area contributed by atoms with Gasteiger partial charge in [0.1, 0.15) is 11.4 Å². The summed E-state index contributed by atoms with van der Waals surface area (Å²) in [6, 6.07) is 9.24. The van der Waals surface area contributed by atoms with E-state index in [2.05, 4.69) is 20.3 Å². The van der Waals surface area contributed by atoms with Crippen molar-refractivity contribution in [1.29, 1.82) is 0 Å². The van der Waals surface area contributed by atoms with Gasteiger partial charge in [-0.05, 0) is 31.0 Å². The molecule has 1 aromatic carbocycles. The van der Waals surface area contributed by atoms with Gasteiger partial charge in [-0.15, -0.1) is 0 Å². The Morgan fingerprint density at radius 1 is 1.27 bits per heavy atom. The molecule has 0 spiro atoms. The average molecular weight is 353 g/mol. The van der Waals surface area contributed by atoms with Crippen LogP contribution in [-0.4, -0.2) is 51.3 Å². The topological polar surface area (TPSA) is 97.1 Å². The summed E-state index contributed by atoms with van der Waals surface area (Å²) in [4.78, 5) is 18.7. The van der Waals surface area contributed by atoms with Crippen molar-refractivity contribution in [2.45, 2.75) is 18.8 Å². The Labute approximate surface area is 150 Å². The fourth-order valence-corrected chi connectivity index (χ4v) is 3.22. The fourth-order valence-electron chi connectivity index (χ4n) is 3.22. The van der Waals surface area contributed by atoms with Crippen LogP contribution in [0.4, 0.5) is 0 Å². The van der Waals surface area contributed by atoms with Gasteiger partial charge in [-0.25, -0.2) is 0 Å². The zero-order valence-corrected chi connectivity index (χ0v) is 14.4. The van der Waals surface area contributed by atoms with Gasteiger partial charge in [0.25, 0.3) is 11.8 Å². The van der Waals surface area contributed by atoms with E-state index in [-0.39, 0.29) is 11.8 Å². The monoisotopic (exact) mass is 353 g/mol. The zero-order chi connectivity index (χ0) is 17.9. The molecule has 3 heterocycles. The van der Waals surface area contributed by atoms with Gasteiger partial charge >= 0.3 is 0 Å². The second-order valence-corrected chi connectivity index (χ2v) is 6.19. The van der Waals surface area contributed by atoms with Gasteiger partial charge in [0.05, 0.1) is 12.7 Å². The van der Waals surface area contributed by atoms with Crippen LogP contribution >= 0.6 is 0 Å². The summed E-state index contributed by atoms with van der Waals surface area (Å²) >= 11 is 0. The lowest BCUT2D eigenvalue weighted by atomic mass is 9.96. The number of aromatic nitrogens is 4. The SMILES string of the molecule is COc1ccccc1-c1nc(C2CCN(C(=O)c3ccn[nH]3)CC2)no1. The number of aromatic amines is 1. The van der Waals surface area contributed by atoms with Crippen LogP contribution in [-0.2, 0) is 0 Å². The second kappa shape index (κ2) is 6.99. The predicted molar refractivity (Wildman–Crippen MR) is 92.8 cm³/mol. The van der Waals surface area contributed by atoms with Crippen LogP contribution in [0.3, 0.4) is 0 Å². The molecule has 0 saturated carbocycles. The maximum absolute atomic E-state index is 12.4. The average Bonchev–Trinajstić information content (AvgIpc) is 3.39. The number of ether oxygens (including phenoxy) is 1. The van der Waals surface area contributed by atoms with E-state index in [9.17, 15) is 4.79 Å². The van der Waals surface area contributed by atoms with E-state index < -0.39 is 0 Å². The number of carbonyl (C=O) groups excluding carboxylic acids is 1. The van der Waals surface area contributed by atoms with Gasteiger partial charge in [0, 0.05) is 25.2 Å². The highest BCUT2D eigenvalue weighted by Gasteiger charge is 2.28. The normalized spacial score (nSPS) is 15.2. The molecule has 8 nitrogen and oxygen atoms in total. The number of rotatable bonds is 4. The van der Waals surface area contributed by atoms with Crippen LogP contribution in [0.5, 0.6) is 5.75 Å². The van der Waals surface area contributed by atoms with Gasteiger partial charge in [-0.3, -0.25) is 9.89 Å². The van der Waals surface area contributed by atoms with Crippen molar-refractivity contribution in [2.24, 2.45) is 0 Å². The minimum Gasteiger partial charge on any atom is -0.496 e. The Hall–Kier alpha value is -3.16. The summed E-state index contributed by atoms with van der Waals surface area (Å²) < 4.78 is 10.8. The fraction of sp³-hybridized carbons (Fsp3) is 0.333. The first kappa shape index (κ1) is 16.3. The van der Waals surface area contributed by atoms with Crippen molar-refractivity contribution in [3.63, 3.8) is 0 Å². The summed E-state index contributed by atoms with van der Waals surface area (Å²) in [5.74, 6) is 1.98. The van der Waals surface area contributed by atoms with E-state index in [1.165, 1.54) is 0 Å². The molecule has 0 aliphatic carbocycles. The largest absolute Gasteiger partial charge is 0.496 e. The molecule has 1 aliphatic heterocycles. The van der Waals surface area contributed by atoms with E-state index in [1.54, 1.807) is 19.4 Å². The van der Waals surface area contributed by atoms with Gasteiger partial charge in [0.2, 0.25) is 0 Å². The van der Waals surface area contributed by atoms with Crippen LogP contribution in [0.1, 0.15) is 35.1 Å². The highest BCUT2D eigenvalue weighted by molar-refractivity contribution is 5.92. The molecule has 134 valence electrons.